The summed E-state index contributed by atoms with van der Waals surface area (Å²) in [5.74, 6) is 0.333. The summed E-state index contributed by atoms with van der Waals surface area (Å²) < 4.78 is 0. The van der Waals surface area contributed by atoms with Crippen LogP contribution in [0, 0.1) is 0 Å². The topological polar surface area (TPSA) is 77.9 Å². The van der Waals surface area contributed by atoms with Crippen molar-refractivity contribution in [1.82, 2.24) is 20.4 Å². The number of hydrogen-bond donors (Lipinski definition) is 0. The second kappa shape index (κ2) is 2.42. The molecule has 0 saturated carbocycles. The molecule has 1 aromatic heterocycles. The smallest absolute Gasteiger partial charge is 0.264 e. The quantitative estimate of drug-likeness (QED) is 0.467. The van der Waals surface area contributed by atoms with Crippen LogP contribution in [0.3, 0.4) is 0 Å². The van der Waals surface area contributed by atoms with Crippen LogP contribution in [-0.2, 0) is 0 Å². The minimum absolute atomic E-state index is 0.333. The average Bonchev–Trinajstić information content (AvgIpc) is 1.88. The van der Waals surface area contributed by atoms with Crippen LogP contribution in [0.4, 0.5) is 5.95 Å². The second-order valence-corrected chi connectivity index (χ2v) is 1.88. The lowest BCUT2D eigenvalue weighted by Gasteiger charge is -2.07. The summed E-state index contributed by atoms with van der Waals surface area (Å²) in [6, 6.07) is -0.661. The molecule has 0 amide bonds. The summed E-state index contributed by atoms with van der Waals surface area (Å²) in [5, 5.41) is 23.6. The van der Waals surface area contributed by atoms with E-state index in [1.807, 2.05) is 0 Å². The molecular formula is C4H6N5O-. The average molecular weight is 140 g/mol. The van der Waals surface area contributed by atoms with E-state index < -0.39 is 6.01 Å². The van der Waals surface area contributed by atoms with Crippen LogP contribution in [0.25, 0.3) is 0 Å². The van der Waals surface area contributed by atoms with Gasteiger partial charge in [-0.2, -0.15) is 0 Å². The van der Waals surface area contributed by atoms with Gasteiger partial charge in [0.05, 0.1) is 0 Å². The van der Waals surface area contributed by atoms with E-state index >= 15 is 0 Å². The third kappa shape index (κ3) is 1.28. The highest BCUT2D eigenvalue weighted by Crippen LogP contribution is 1.96. The molecule has 0 fully saturated rings. The van der Waals surface area contributed by atoms with E-state index in [0.29, 0.717) is 5.95 Å². The second-order valence-electron chi connectivity index (χ2n) is 1.88. The molecule has 0 aromatic carbocycles. The largest absolute Gasteiger partial charge is 0.842 e. The maximum atomic E-state index is 10.3. The first-order valence-electron chi connectivity index (χ1n) is 2.62. The number of aromatic nitrogens is 4. The van der Waals surface area contributed by atoms with Crippen LogP contribution in [0.15, 0.2) is 0 Å². The van der Waals surface area contributed by atoms with Crippen LogP contribution in [0.2, 0.25) is 0 Å². The first-order chi connectivity index (χ1) is 4.70. The van der Waals surface area contributed by atoms with Crippen molar-refractivity contribution in [3.8, 4) is 6.01 Å². The third-order valence-corrected chi connectivity index (χ3v) is 0.850. The van der Waals surface area contributed by atoms with E-state index in [2.05, 4.69) is 20.4 Å². The predicted molar refractivity (Wildman–Crippen MR) is 31.4 cm³/mol. The minimum atomic E-state index is -0.661. The highest BCUT2D eigenvalue weighted by molar-refractivity contribution is 5.21. The minimum Gasteiger partial charge on any atom is -0.842 e. The molecule has 0 radical (unpaired) electrons. The van der Waals surface area contributed by atoms with Gasteiger partial charge in [-0.05, 0) is 0 Å². The van der Waals surface area contributed by atoms with Crippen molar-refractivity contribution in [2.45, 2.75) is 0 Å². The van der Waals surface area contributed by atoms with Crippen LogP contribution in [-0.4, -0.2) is 34.5 Å². The molecule has 0 saturated heterocycles. The Morgan fingerprint density at radius 3 is 2.00 bits per heavy atom. The summed E-state index contributed by atoms with van der Waals surface area (Å²) in [4.78, 5) is 1.61. The highest BCUT2D eigenvalue weighted by atomic mass is 16.3. The summed E-state index contributed by atoms with van der Waals surface area (Å²) >= 11 is 0. The number of hydrogen-bond acceptors (Lipinski definition) is 6. The normalized spacial score (nSPS) is 9.40. The van der Waals surface area contributed by atoms with Gasteiger partial charge in [-0.15, -0.1) is 20.4 Å². The van der Waals surface area contributed by atoms with Crippen molar-refractivity contribution in [2.24, 2.45) is 0 Å². The van der Waals surface area contributed by atoms with Crippen molar-refractivity contribution in [3.05, 3.63) is 0 Å². The maximum absolute atomic E-state index is 10.3. The molecule has 1 heterocycles. The van der Waals surface area contributed by atoms with E-state index in [1.165, 1.54) is 0 Å². The molecule has 0 aliphatic carbocycles. The van der Waals surface area contributed by atoms with Crippen molar-refractivity contribution in [1.29, 1.82) is 0 Å². The first kappa shape index (κ1) is 6.66. The Bertz CT molecular complexity index is 207. The summed E-state index contributed by atoms with van der Waals surface area (Å²) in [6.07, 6.45) is 0. The summed E-state index contributed by atoms with van der Waals surface area (Å²) in [6.45, 7) is 0. The van der Waals surface area contributed by atoms with Gasteiger partial charge in [-0.3, -0.25) is 0 Å². The zero-order chi connectivity index (χ0) is 7.56. The van der Waals surface area contributed by atoms with Crippen molar-refractivity contribution < 1.29 is 5.11 Å². The Morgan fingerprint density at radius 2 is 1.60 bits per heavy atom. The molecule has 0 bridgehead atoms. The Morgan fingerprint density at radius 1 is 1.10 bits per heavy atom. The lowest BCUT2D eigenvalue weighted by Crippen LogP contribution is -2.15. The molecule has 0 atom stereocenters. The SMILES string of the molecule is CN(C)c1nnc([O-])nn1. The number of anilines is 1. The Hall–Kier alpha value is -1.46. The van der Waals surface area contributed by atoms with Gasteiger partial charge in [0.25, 0.3) is 5.95 Å². The van der Waals surface area contributed by atoms with Gasteiger partial charge in [0, 0.05) is 14.1 Å². The third-order valence-electron chi connectivity index (χ3n) is 0.850. The van der Waals surface area contributed by atoms with E-state index in [4.69, 9.17) is 0 Å². The lowest BCUT2D eigenvalue weighted by molar-refractivity contribution is -0.283. The molecule has 6 heteroatoms. The molecule has 6 nitrogen and oxygen atoms in total. The van der Waals surface area contributed by atoms with Crippen molar-refractivity contribution in [3.63, 3.8) is 0 Å². The van der Waals surface area contributed by atoms with E-state index in [1.54, 1.807) is 19.0 Å². The van der Waals surface area contributed by atoms with Gasteiger partial charge < -0.3 is 10.0 Å². The molecule has 54 valence electrons. The monoisotopic (exact) mass is 140 g/mol. The molecule has 0 aliphatic heterocycles. The molecule has 0 N–H and O–H groups in total. The molecule has 0 spiro atoms. The fourth-order valence-electron chi connectivity index (χ4n) is 0.394. The van der Waals surface area contributed by atoms with Crippen LogP contribution in [0.1, 0.15) is 0 Å². The van der Waals surface area contributed by atoms with Gasteiger partial charge in [-0.1, -0.05) is 0 Å². The van der Waals surface area contributed by atoms with E-state index in [-0.39, 0.29) is 0 Å². The molecule has 0 aliphatic rings. The van der Waals surface area contributed by atoms with E-state index in [9.17, 15) is 5.11 Å². The van der Waals surface area contributed by atoms with E-state index in [0.717, 1.165) is 0 Å². The molecular weight excluding hydrogens is 134 g/mol. The Kier molecular flexibility index (Phi) is 1.61. The van der Waals surface area contributed by atoms with Gasteiger partial charge in [0.15, 0.2) is 0 Å². The summed E-state index contributed by atoms with van der Waals surface area (Å²) in [5.41, 5.74) is 0. The van der Waals surface area contributed by atoms with Gasteiger partial charge in [0.2, 0.25) is 0 Å². The molecule has 0 unspecified atom stereocenters. The fourth-order valence-corrected chi connectivity index (χ4v) is 0.394. The standard InChI is InChI=1S/C4H7N5O/c1-9(2)3-5-7-4(10)8-6-3/h1-2H3,(H,7,8,10)/p-1. The van der Waals surface area contributed by atoms with Crippen LogP contribution >= 0.6 is 0 Å². The number of nitrogens with zero attached hydrogens (tertiary/aromatic N) is 5. The number of rotatable bonds is 1. The first-order valence-corrected chi connectivity index (χ1v) is 2.62. The Balaban J connectivity index is 2.89. The molecule has 1 rings (SSSR count). The van der Waals surface area contributed by atoms with Gasteiger partial charge >= 0.3 is 0 Å². The fraction of sp³-hybridized carbons (Fsp3) is 0.500. The predicted octanol–water partition coefficient (Wildman–Crippen LogP) is -1.59. The zero-order valence-electron chi connectivity index (χ0n) is 5.64. The Labute approximate surface area is 57.5 Å². The van der Waals surface area contributed by atoms with Crippen molar-refractivity contribution >= 4 is 5.95 Å². The maximum Gasteiger partial charge on any atom is 0.264 e. The summed E-state index contributed by atoms with van der Waals surface area (Å²) in [7, 11) is 3.48. The van der Waals surface area contributed by atoms with Gasteiger partial charge in [-0.25, -0.2) is 0 Å². The van der Waals surface area contributed by atoms with Crippen LogP contribution in [0.5, 0.6) is 6.01 Å². The lowest BCUT2D eigenvalue weighted by atomic mass is 10.8. The van der Waals surface area contributed by atoms with Crippen LogP contribution < -0.4 is 10.0 Å². The molecule has 1 aromatic rings. The molecule has 10 heavy (non-hydrogen) atoms. The van der Waals surface area contributed by atoms with Gasteiger partial charge in [0.1, 0.15) is 6.01 Å². The van der Waals surface area contributed by atoms with Crippen molar-refractivity contribution in [2.75, 3.05) is 19.0 Å². The zero-order valence-corrected chi connectivity index (χ0v) is 5.64. The highest BCUT2D eigenvalue weighted by Gasteiger charge is 1.95.